The lowest BCUT2D eigenvalue weighted by Gasteiger charge is -2.18. The summed E-state index contributed by atoms with van der Waals surface area (Å²) in [6.07, 6.45) is 1.80. The van der Waals surface area contributed by atoms with Gasteiger partial charge in [0.1, 0.15) is 0 Å². The molecule has 0 atom stereocenters. The molecule has 0 aliphatic carbocycles. The van der Waals surface area contributed by atoms with E-state index in [-0.39, 0.29) is 10.8 Å². The predicted octanol–water partition coefficient (Wildman–Crippen LogP) is 7.24. The van der Waals surface area contributed by atoms with E-state index in [1.807, 2.05) is 0 Å². The lowest BCUT2D eigenvalue weighted by molar-refractivity contribution is 0.399. The van der Waals surface area contributed by atoms with Crippen molar-refractivity contribution in [3.05, 3.63) is 77.3 Å². The van der Waals surface area contributed by atoms with Crippen LogP contribution < -0.4 is 0 Å². The minimum absolute atomic E-state index is 0.0387. The smallest absolute Gasteiger partial charge is 0.200 e. The second kappa shape index (κ2) is 8.12. The SMILES string of the molecule is Cc1ccc(-c2cnc(C(C)(C)C)o2)cc1.Cc1ccc(C(C)(C)C)cc1. The summed E-state index contributed by atoms with van der Waals surface area (Å²) >= 11 is 0. The fourth-order valence-corrected chi connectivity index (χ4v) is 2.53. The molecular formula is C25H33NO. The molecule has 0 fully saturated rings. The summed E-state index contributed by atoms with van der Waals surface area (Å²) in [5.74, 6) is 1.62. The highest BCUT2D eigenvalue weighted by atomic mass is 16.4. The zero-order chi connectivity index (χ0) is 20.2. The Morgan fingerprint density at radius 3 is 1.56 bits per heavy atom. The molecule has 1 heterocycles. The Kier molecular flexibility index (Phi) is 6.30. The van der Waals surface area contributed by atoms with E-state index in [2.05, 4.69) is 109 Å². The predicted molar refractivity (Wildman–Crippen MR) is 115 cm³/mol. The number of rotatable bonds is 1. The fourth-order valence-electron chi connectivity index (χ4n) is 2.53. The maximum absolute atomic E-state index is 5.76. The topological polar surface area (TPSA) is 26.0 Å². The Morgan fingerprint density at radius 2 is 1.15 bits per heavy atom. The van der Waals surface area contributed by atoms with Gasteiger partial charge in [0.25, 0.3) is 0 Å². The maximum Gasteiger partial charge on any atom is 0.200 e. The lowest BCUT2D eigenvalue weighted by atomic mass is 9.87. The van der Waals surface area contributed by atoms with Crippen molar-refractivity contribution >= 4 is 0 Å². The van der Waals surface area contributed by atoms with E-state index in [1.165, 1.54) is 16.7 Å². The molecule has 0 bridgehead atoms. The molecule has 0 amide bonds. The molecule has 2 aromatic carbocycles. The molecule has 0 unspecified atom stereocenters. The molecule has 1 aromatic heterocycles. The van der Waals surface area contributed by atoms with Crippen LogP contribution in [0.4, 0.5) is 0 Å². The average molecular weight is 364 g/mol. The Hall–Kier alpha value is -2.35. The highest BCUT2D eigenvalue weighted by Crippen LogP contribution is 2.27. The van der Waals surface area contributed by atoms with Crippen LogP contribution >= 0.6 is 0 Å². The second-order valence-corrected chi connectivity index (χ2v) is 9.26. The Balaban J connectivity index is 0.000000208. The standard InChI is InChI=1S/C14H17NO.C11H16/c1-10-5-7-11(8-6-10)12-9-15-13(16-12)14(2,3)4;1-9-5-7-10(8-6-9)11(2,3)4/h5-9H,1-4H3;5-8H,1-4H3. The van der Waals surface area contributed by atoms with Crippen molar-refractivity contribution in [2.75, 3.05) is 0 Å². The van der Waals surface area contributed by atoms with Crippen LogP contribution in [0.25, 0.3) is 11.3 Å². The lowest BCUT2D eigenvalue weighted by Crippen LogP contribution is -2.10. The number of hydrogen-bond donors (Lipinski definition) is 0. The fraction of sp³-hybridized carbons (Fsp3) is 0.400. The first-order valence-electron chi connectivity index (χ1n) is 9.57. The third kappa shape index (κ3) is 6.09. The quantitative estimate of drug-likeness (QED) is 0.455. The number of aromatic nitrogens is 1. The van der Waals surface area contributed by atoms with Crippen molar-refractivity contribution in [2.24, 2.45) is 0 Å². The van der Waals surface area contributed by atoms with Crippen LogP contribution in [0.2, 0.25) is 0 Å². The van der Waals surface area contributed by atoms with Gasteiger partial charge < -0.3 is 4.42 Å². The molecule has 27 heavy (non-hydrogen) atoms. The summed E-state index contributed by atoms with van der Waals surface area (Å²) in [6, 6.07) is 17.0. The Bertz CT molecular complexity index is 841. The zero-order valence-electron chi connectivity index (χ0n) is 18.1. The van der Waals surface area contributed by atoms with E-state index >= 15 is 0 Å². The molecule has 0 saturated heterocycles. The first-order chi connectivity index (χ1) is 12.5. The van der Waals surface area contributed by atoms with Crippen molar-refractivity contribution in [2.45, 2.75) is 66.2 Å². The van der Waals surface area contributed by atoms with Gasteiger partial charge >= 0.3 is 0 Å². The molecule has 2 heteroatoms. The first-order valence-corrected chi connectivity index (χ1v) is 9.57. The molecule has 0 aliphatic heterocycles. The molecule has 144 valence electrons. The molecule has 3 rings (SSSR count). The van der Waals surface area contributed by atoms with E-state index in [4.69, 9.17) is 4.42 Å². The monoisotopic (exact) mass is 363 g/mol. The van der Waals surface area contributed by atoms with Gasteiger partial charge in [-0.3, -0.25) is 0 Å². The summed E-state index contributed by atoms with van der Waals surface area (Å²) in [7, 11) is 0. The number of nitrogens with zero attached hydrogens (tertiary/aromatic N) is 1. The van der Waals surface area contributed by atoms with Gasteiger partial charge in [0, 0.05) is 11.0 Å². The summed E-state index contributed by atoms with van der Waals surface area (Å²) in [4.78, 5) is 4.32. The molecule has 0 aliphatic rings. The van der Waals surface area contributed by atoms with Crippen LogP contribution in [0.3, 0.4) is 0 Å². The van der Waals surface area contributed by atoms with Crippen molar-refractivity contribution in [1.29, 1.82) is 0 Å². The highest BCUT2D eigenvalue weighted by molar-refractivity contribution is 5.56. The summed E-state index contributed by atoms with van der Waals surface area (Å²) in [6.45, 7) is 17.2. The van der Waals surface area contributed by atoms with Gasteiger partial charge in [-0.25, -0.2) is 4.98 Å². The molecule has 0 spiro atoms. The normalized spacial score (nSPS) is 11.7. The molecule has 0 radical (unpaired) electrons. The Morgan fingerprint density at radius 1 is 0.667 bits per heavy atom. The van der Waals surface area contributed by atoms with E-state index in [0.29, 0.717) is 0 Å². The third-order valence-corrected chi connectivity index (χ3v) is 4.40. The summed E-state index contributed by atoms with van der Waals surface area (Å²) in [5, 5.41) is 0. The van der Waals surface area contributed by atoms with Gasteiger partial charge in [0.2, 0.25) is 0 Å². The average Bonchev–Trinajstić information content (AvgIpc) is 3.06. The van der Waals surface area contributed by atoms with Crippen LogP contribution in [-0.2, 0) is 10.8 Å². The van der Waals surface area contributed by atoms with Crippen molar-refractivity contribution in [1.82, 2.24) is 4.98 Å². The van der Waals surface area contributed by atoms with Gasteiger partial charge in [-0.1, -0.05) is 101 Å². The van der Waals surface area contributed by atoms with Crippen LogP contribution in [0.1, 0.15) is 64.1 Å². The van der Waals surface area contributed by atoms with Gasteiger partial charge in [0.05, 0.1) is 6.20 Å². The minimum Gasteiger partial charge on any atom is -0.440 e. The van der Waals surface area contributed by atoms with Gasteiger partial charge in [-0.2, -0.15) is 0 Å². The van der Waals surface area contributed by atoms with Gasteiger partial charge in [0.15, 0.2) is 11.7 Å². The van der Waals surface area contributed by atoms with E-state index in [1.54, 1.807) is 6.20 Å². The van der Waals surface area contributed by atoms with Gasteiger partial charge in [-0.05, 0) is 24.8 Å². The van der Waals surface area contributed by atoms with Crippen LogP contribution in [-0.4, -0.2) is 4.98 Å². The minimum atomic E-state index is -0.0387. The van der Waals surface area contributed by atoms with Crippen LogP contribution in [0.15, 0.2) is 59.1 Å². The number of hydrogen-bond acceptors (Lipinski definition) is 2. The molecular weight excluding hydrogens is 330 g/mol. The van der Waals surface area contributed by atoms with Crippen molar-refractivity contribution in [3.8, 4) is 11.3 Å². The van der Waals surface area contributed by atoms with E-state index in [0.717, 1.165) is 17.2 Å². The molecule has 0 saturated carbocycles. The number of oxazole rings is 1. The highest BCUT2D eigenvalue weighted by Gasteiger charge is 2.20. The molecule has 0 N–H and O–H groups in total. The summed E-state index contributed by atoms with van der Waals surface area (Å²) in [5.41, 5.74) is 5.31. The van der Waals surface area contributed by atoms with E-state index < -0.39 is 0 Å². The third-order valence-electron chi connectivity index (χ3n) is 4.40. The van der Waals surface area contributed by atoms with Gasteiger partial charge in [-0.15, -0.1) is 0 Å². The summed E-state index contributed by atoms with van der Waals surface area (Å²) < 4.78 is 5.76. The molecule has 3 aromatic rings. The first kappa shape index (κ1) is 21.0. The molecule has 2 nitrogen and oxygen atoms in total. The number of aryl methyl sites for hydroxylation is 2. The largest absolute Gasteiger partial charge is 0.440 e. The number of benzene rings is 2. The van der Waals surface area contributed by atoms with Crippen molar-refractivity contribution < 1.29 is 4.42 Å². The maximum atomic E-state index is 5.76. The van der Waals surface area contributed by atoms with E-state index in [9.17, 15) is 0 Å². The Labute approximate surface area is 164 Å². The van der Waals surface area contributed by atoms with Crippen LogP contribution in [0, 0.1) is 13.8 Å². The zero-order valence-corrected chi connectivity index (χ0v) is 18.1. The van der Waals surface area contributed by atoms with Crippen molar-refractivity contribution in [3.63, 3.8) is 0 Å². The van der Waals surface area contributed by atoms with Crippen LogP contribution in [0.5, 0.6) is 0 Å². The second-order valence-electron chi connectivity index (χ2n) is 9.26.